The van der Waals surface area contributed by atoms with Gasteiger partial charge in [0.1, 0.15) is 0 Å². The van der Waals surface area contributed by atoms with E-state index in [9.17, 15) is 0 Å². The zero-order chi connectivity index (χ0) is 11.0. The number of thiol groups is 1. The van der Waals surface area contributed by atoms with Gasteiger partial charge < -0.3 is 0 Å². The quantitative estimate of drug-likeness (QED) is 0.302. The fourth-order valence-electron chi connectivity index (χ4n) is 0.946. The molecule has 0 saturated heterocycles. The average Bonchev–Trinajstić information content (AvgIpc) is 2.21. The van der Waals surface area contributed by atoms with Crippen LogP contribution in [0, 0.1) is 0 Å². The van der Waals surface area contributed by atoms with E-state index < -0.39 is 0 Å². The summed E-state index contributed by atoms with van der Waals surface area (Å²) in [5, 5.41) is 0.783. The van der Waals surface area contributed by atoms with Crippen molar-refractivity contribution < 1.29 is 0 Å². The summed E-state index contributed by atoms with van der Waals surface area (Å²) in [5.41, 5.74) is 1.91. The van der Waals surface area contributed by atoms with E-state index in [0.29, 0.717) is 0 Å². The smallest absolute Gasteiger partial charge is 0.0921 e. The molecule has 80 valence electrons. The number of unbranched alkanes of at least 4 members (excludes halogenated alkanes) is 2. The lowest BCUT2D eigenvalue weighted by molar-refractivity contribution is 0.729. The Morgan fingerprint density at radius 2 is 1.93 bits per heavy atom. The van der Waals surface area contributed by atoms with Gasteiger partial charge in [-0.2, -0.15) is 0 Å². The van der Waals surface area contributed by atoms with Gasteiger partial charge in [0.05, 0.1) is 5.04 Å². The first-order valence-corrected chi connectivity index (χ1v) is 5.46. The normalized spacial score (nSPS) is 13.9. The van der Waals surface area contributed by atoms with Crippen LogP contribution in [0.25, 0.3) is 0 Å². The van der Waals surface area contributed by atoms with Crippen molar-refractivity contribution in [2.24, 2.45) is 9.98 Å². The Labute approximate surface area is 92.6 Å². The van der Waals surface area contributed by atoms with Gasteiger partial charge in [0, 0.05) is 17.8 Å². The second-order valence-corrected chi connectivity index (χ2v) is 3.70. The standard InChI is InChI=1S/C11H20N2S/c1-5-6-7-8-13-11(14)9(2)10(3)12-4/h4-8H2,1-3H3,(H,13,14)/b10-9-. The molecular formula is C11H20N2S. The highest BCUT2D eigenvalue weighted by Crippen LogP contribution is 2.09. The Kier molecular flexibility index (Phi) is 7.48. The van der Waals surface area contributed by atoms with E-state index in [-0.39, 0.29) is 0 Å². The average molecular weight is 212 g/mol. The molecule has 0 aliphatic heterocycles. The monoisotopic (exact) mass is 212 g/mol. The Hall–Kier alpha value is -0.570. The lowest BCUT2D eigenvalue weighted by atomic mass is 10.2. The summed E-state index contributed by atoms with van der Waals surface area (Å²) in [5.74, 6) is 0. The Morgan fingerprint density at radius 1 is 1.29 bits per heavy atom. The van der Waals surface area contributed by atoms with Crippen LogP contribution < -0.4 is 0 Å². The van der Waals surface area contributed by atoms with E-state index in [2.05, 4.69) is 36.3 Å². The number of rotatable bonds is 6. The molecule has 0 heterocycles. The van der Waals surface area contributed by atoms with Gasteiger partial charge in [-0.05, 0) is 27.0 Å². The molecule has 0 radical (unpaired) electrons. The molecule has 0 aliphatic carbocycles. The van der Waals surface area contributed by atoms with Gasteiger partial charge in [-0.15, -0.1) is 12.6 Å². The number of aliphatic imine (C=N–C) groups is 2. The second kappa shape index (κ2) is 7.80. The maximum absolute atomic E-state index is 4.37. The summed E-state index contributed by atoms with van der Waals surface area (Å²) in [6.45, 7) is 10.4. The molecule has 0 spiro atoms. The fraction of sp³-hybridized carbons (Fsp3) is 0.636. The zero-order valence-electron chi connectivity index (χ0n) is 9.38. The number of nitrogens with zero attached hydrogens (tertiary/aromatic N) is 2. The van der Waals surface area contributed by atoms with Crippen molar-refractivity contribution in [3.8, 4) is 0 Å². The minimum Gasteiger partial charge on any atom is -0.278 e. The van der Waals surface area contributed by atoms with Crippen molar-refractivity contribution in [2.45, 2.75) is 40.0 Å². The van der Waals surface area contributed by atoms with Crippen molar-refractivity contribution in [1.29, 1.82) is 0 Å². The molecule has 14 heavy (non-hydrogen) atoms. The predicted molar refractivity (Wildman–Crippen MR) is 68.7 cm³/mol. The highest BCUT2D eigenvalue weighted by atomic mass is 32.1. The largest absolute Gasteiger partial charge is 0.278 e. The molecule has 2 nitrogen and oxygen atoms in total. The summed E-state index contributed by atoms with van der Waals surface area (Å²) in [4.78, 5) is 8.22. The van der Waals surface area contributed by atoms with Crippen molar-refractivity contribution in [3.05, 3.63) is 11.3 Å². The van der Waals surface area contributed by atoms with E-state index in [1.807, 2.05) is 13.8 Å². The predicted octanol–water partition coefficient (Wildman–Crippen LogP) is 3.50. The van der Waals surface area contributed by atoms with Crippen molar-refractivity contribution in [2.75, 3.05) is 6.54 Å². The molecule has 0 aromatic rings. The van der Waals surface area contributed by atoms with Crippen LogP contribution in [-0.4, -0.2) is 18.3 Å². The lowest BCUT2D eigenvalue weighted by Gasteiger charge is -2.02. The van der Waals surface area contributed by atoms with Gasteiger partial charge in [0.15, 0.2) is 0 Å². The van der Waals surface area contributed by atoms with Crippen LogP contribution >= 0.6 is 12.6 Å². The number of hydrogen-bond donors (Lipinski definition) is 1. The molecular weight excluding hydrogens is 192 g/mol. The molecule has 0 amide bonds. The molecule has 0 saturated carbocycles. The van der Waals surface area contributed by atoms with Gasteiger partial charge in [-0.25, -0.2) is 0 Å². The summed E-state index contributed by atoms with van der Waals surface area (Å²) in [6.07, 6.45) is 3.58. The maximum atomic E-state index is 4.37. The summed E-state index contributed by atoms with van der Waals surface area (Å²) in [6, 6.07) is 0. The van der Waals surface area contributed by atoms with Gasteiger partial charge in [-0.3, -0.25) is 9.98 Å². The third-order valence-corrected chi connectivity index (χ3v) is 2.62. The van der Waals surface area contributed by atoms with Gasteiger partial charge in [-0.1, -0.05) is 19.8 Å². The van der Waals surface area contributed by atoms with E-state index in [1.54, 1.807) is 0 Å². The number of allylic oxidation sites excluding steroid dienone is 1. The molecule has 0 aromatic carbocycles. The van der Waals surface area contributed by atoms with Crippen LogP contribution in [0.3, 0.4) is 0 Å². The minimum absolute atomic E-state index is 0.783. The fourth-order valence-corrected chi connectivity index (χ4v) is 1.21. The third-order valence-electron chi connectivity index (χ3n) is 2.14. The first-order valence-electron chi connectivity index (χ1n) is 5.01. The van der Waals surface area contributed by atoms with Crippen LogP contribution in [0.5, 0.6) is 0 Å². The van der Waals surface area contributed by atoms with Crippen LogP contribution in [0.1, 0.15) is 40.0 Å². The van der Waals surface area contributed by atoms with E-state index in [4.69, 9.17) is 0 Å². The summed E-state index contributed by atoms with van der Waals surface area (Å²) >= 11 is 4.32. The lowest BCUT2D eigenvalue weighted by Crippen LogP contribution is -1.95. The van der Waals surface area contributed by atoms with Gasteiger partial charge in [0.2, 0.25) is 0 Å². The highest BCUT2D eigenvalue weighted by Gasteiger charge is 1.99. The zero-order valence-corrected chi connectivity index (χ0v) is 10.3. The molecule has 0 unspecified atom stereocenters. The molecule has 0 fully saturated rings. The van der Waals surface area contributed by atoms with E-state index >= 15 is 0 Å². The van der Waals surface area contributed by atoms with Crippen LogP contribution in [0.15, 0.2) is 21.3 Å². The molecule has 0 aliphatic rings. The van der Waals surface area contributed by atoms with E-state index in [1.165, 1.54) is 12.8 Å². The molecule has 0 N–H and O–H groups in total. The molecule has 0 aromatic heterocycles. The third kappa shape index (κ3) is 5.22. The highest BCUT2D eigenvalue weighted by molar-refractivity contribution is 7.97. The summed E-state index contributed by atoms with van der Waals surface area (Å²) < 4.78 is 0. The number of hydrogen-bond acceptors (Lipinski definition) is 2. The first-order chi connectivity index (χ1) is 6.63. The van der Waals surface area contributed by atoms with Crippen molar-refractivity contribution in [1.82, 2.24) is 0 Å². The molecule has 0 rings (SSSR count). The molecule has 0 bridgehead atoms. The Balaban J connectivity index is 4.17. The van der Waals surface area contributed by atoms with E-state index in [0.717, 1.165) is 29.3 Å². The van der Waals surface area contributed by atoms with Crippen LogP contribution in [-0.2, 0) is 0 Å². The van der Waals surface area contributed by atoms with Gasteiger partial charge in [0.25, 0.3) is 0 Å². The van der Waals surface area contributed by atoms with Crippen LogP contribution in [0.2, 0.25) is 0 Å². The maximum Gasteiger partial charge on any atom is 0.0921 e. The first kappa shape index (κ1) is 13.4. The summed E-state index contributed by atoms with van der Waals surface area (Å²) in [7, 11) is 0. The molecule has 0 atom stereocenters. The Bertz CT molecular complexity index is 242. The second-order valence-electron chi connectivity index (χ2n) is 3.28. The Morgan fingerprint density at radius 3 is 2.43 bits per heavy atom. The van der Waals surface area contributed by atoms with Crippen LogP contribution in [0.4, 0.5) is 0 Å². The SMILES string of the molecule is C=N/C(C)=C(C)\C(S)=N/CCCCC. The van der Waals surface area contributed by atoms with Crippen molar-refractivity contribution >= 4 is 24.4 Å². The topological polar surface area (TPSA) is 24.7 Å². The molecule has 3 heteroatoms. The minimum atomic E-state index is 0.783. The van der Waals surface area contributed by atoms with Gasteiger partial charge >= 0.3 is 0 Å². The van der Waals surface area contributed by atoms with Crippen molar-refractivity contribution in [3.63, 3.8) is 0 Å².